The van der Waals surface area contributed by atoms with E-state index in [9.17, 15) is 24.6 Å². The van der Waals surface area contributed by atoms with Crippen LogP contribution in [0, 0.1) is 0 Å². The Morgan fingerprint density at radius 2 is 1.82 bits per heavy atom. The van der Waals surface area contributed by atoms with Crippen LogP contribution in [0.15, 0.2) is 18.2 Å². The van der Waals surface area contributed by atoms with E-state index in [0.29, 0.717) is 12.8 Å². The van der Waals surface area contributed by atoms with E-state index >= 15 is 0 Å². The van der Waals surface area contributed by atoms with Crippen LogP contribution >= 0.6 is 0 Å². The summed E-state index contributed by atoms with van der Waals surface area (Å²) in [5, 5.41) is 21.4. The van der Waals surface area contributed by atoms with Crippen molar-refractivity contribution < 1.29 is 24.6 Å². The number of benzene rings is 1. The summed E-state index contributed by atoms with van der Waals surface area (Å²) < 4.78 is 0. The molecule has 1 rings (SSSR count). The zero-order valence-corrected chi connectivity index (χ0v) is 11.9. The van der Waals surface area contributed by atoms with Crippen molar-refractivity contribution in [2.24, 2.45) is 11.5 Å². The van der Waals surface area contributed by atoms with Gasteiger partial charge in [-0.05, 0) is 25.0 Å². The molecule has 0 heterocycles. The Labute approximate surface area is 127 Å². The first kappa shape index (κ1) is 17.3. The highest BCUT2D eigenvalue weighted by Gasteiger charge is 2.21. The van der Waals surface area contributed by atoms with Gasteiger partial charge in [0.05, 0.1) is 5.56 Å². The van der Waals surface area contributed by atoms with E-state index in [-0.39, 0.29) is 18.4 Å². The fourth-order valence-corrected chi connectivity index (χ4v) is 1.88. The number of primary amides is 2. The maximum absolute atomic E-state index is 12.0. The number of hydrogen-bond acceptors (Lipinski definition) is 5. The molecule has 0 aliphatic carbocycles. The average Bonchev–Trinajstić information content (AvgIpc) is 2.44. The highest BCUT2D eigenvalue weighted by molar-refractivity contribution is 6.00. The zero-order chi connectivity index (χ0) is 16.7. The van der Waals surface area contributed by atoms with Crippen molar-refractivity contribution in [2.75, 3.05) is 0 Å². The topological polar surface area (TPSA) is 156 Å². The summed E-state index contributed by atoms with van der Waals surface area (Å²) in [5.41, 5.74) is 10.1. The second-order valence-corrected chi connectivity index (χ2v) is 4.81. The predicted molar refractivity (Wildman–Crippen MR) is 77.9 cm³/mol. The Morgan fingerprint density at radius 3 is 2.41 bits per heavy atom. The first-order valence-corrected chi connectivity index (χ1v) is 6.72. The molecule has 1 aromatic rings. The molecule has 1 atom stereocenters. The molecule has 22 heavy (non-hydrogen) atoms. The van der Waals surface area contributed by atoms with E-state index in [4.69, 9.17) is 11.5 Å². The van der Waals surface area contributed by atoms with E-state index in [0.717, 1.165) is 0 Å². The highest BCUT2D eigenvalue weighted by atomic mass is 16.3. The van der Waals surface area contributed by atoms with Gasteiger partial charge in [0.1, 0.15) is 6.04 Å². The van der Waals surface area contributed by atoms with Crippen LogP contribution in [0.5, 0.6) is 11.5 Å². The Hall–Kier alpha value is -2.77. The summed E-state index contributed by atoms with van der Waals surface area (Å²) in [4.78, 5) is 34.0. The number of para-hydroxylation sites is 1. The fraction of sp³-hybridized carbons (Fsp3) is 0.357. The van der Waals surface area contributed by atoms with Gasteiger partial charge in [-0.25, -0.2) is 0 Å². The van der Waals surface area contributed by atoms with Gasteiger partial charge >= 0.3 is 0 Å². The normalized spacial score (nSPS) is 11.6. The third-order valence-corrected chi connectivity index (χ3v) is 3.07. The lowest BCUT2D eigenvalue weighted by Gasteiger charge is -2.16. The number of aromatic hydroxyl groups is 2. The first-order chi connectivity index (χ1) is 10.3. The third-order valence-electron chi connectivity index (χ3n) is 3.07. The summed E-state index contributed by atoms with van der Waals surface area (Å²) in [6, 6.07) is 2.97. The minimum atomic E-state index is -0.942. The SMILES string of the molecule is NC(=O)CCCC[C@@H](NC(=O)c1cccc(O)c1O)C(N)=O. The quantitative estimate of drug-likeness (QED) is 0.330. The van der Waals surface area contributed by atoms with Crippen LogP contribution in [0.3, 0.4) is 0 Å². The highest BCUT2D eigenvalue weighted by Crippen LogP contribution is 2.28. The minimum Gasteiger partial charge on any atom is -0.504 e. The molecular formula is C14H19N3O5. The minimum absolute atomic E-state index is 0.164. The van der Waals surface area contributed by atoms with E-state index in [2.05, 4.69) is 5.32 Å². The Kier molecular flexibility index (Phi) is 6.18. The number of nitrogens with two attached hydrogens (primary N) is 2. The Morgan fingerprint density at radius 1 is 1.14 bits per heavy atom. The number of hydrogen-bond donors (Lipinski definition) is 5. The predicted octanol–water partition coefficient (Wildman–Crippen LogP) is -0.273. The van der Waals surface area contributed by atoms with Crippen molar-refractivity contribution in [2.45, 2.75) is 31.7 Å². The number of nitrogens with one attached hydrogen (secondary N) is 1. The first-order valence-electron chi connectivity index (χ1n) is 6.72. The maximum atomic E-state index is 12.0. The van der Waals surface area contributed by atoms with Crippen LogP contribution in [-0.4, -0.2) is 34.0 Å². The molecular weight excluding hydrogens is 290 g/mol. The summed E-state index contributed by atoms with van der Waals surface area (Å²) in [5.74, 6) is -2.91. The lowest BCUT2D eigenvalue weighted by Crippen LogP contribution is -2.44. The summed E-state index contributed by atoms with van der Waals surface area (Å²) in [6.45, 7) is 0. The van der Waals surface area contributed by atoms with Crippen molar-refractivity contribution in [1.82, 2.24) is 5.32 Å². The van der Waals surface area contributed by atoms with Crippen LogP contribution in [-0.2, 0) is 9.59 Å². The fourth-order valence-electron chi connectivity index (χ4n) is 1.88. The van der Waals surface area contributed by atoms with Crippen molar-refractivity contribution in [3.05, 3.63) is 23.8 Å². The van der Waals surface area contributed by atoms with E-state index < -0.39 is 35.3 Å². The molecule has 0 spiro atoms. The second-order valence-electron chi connectivity index (χ2n) is 4.81. The van der Waals surface area contributed by atoms with Gasteiger partial charge in [-0.1, -0.05) is 12.5 Å². The lowest BCUT2D eigenvalue weighted by molar-refractivity contribution is -0.120. The number of carbonyl (C=O) groups excluding carboxylic acids is 3. The van der Waals surface area contributed by atoms with Crippen LogP contribution in [0.2, 0.25) is 0 Å². The molecule has 3 amide bonds. The lowest BCUT2D eigenvalue weighted by atomic mass is 10.1. The van der Waals surface area contributed by atoms with Gasteiger partial charge in [0.2, 0.25) is 11.8 Å². The van der Waals surface area contributed by atoms with Crippen LogP contribution in [0.4, 0.5) is 0 Å². The molecule has 0 aromatic heterocycles. The van der Waals surface area contributed by atoms with Crippen molar-refractivity contribution >= 4 is 17.7 Å². The Bertz CT molecular complexity index is 574. The second kappa shape index (κ2) is 7.87. The third kappa shape index (κ3) is 4.97. The van der Waals surface area contributed by atoms with E-state index in [1.807, 2.05) is 0 Å². The summed E-state index contributed by atoms with van der Waals surface area (Å²) in [6.07, 6.45) is 1.38. The van der Waals surface area contributed by atoms with Crippen molar-refractivity contribution in [3.8, 4) is 11.5 Å². The van der Waals surface area contributed by atoms with Crippen LogP contribution < -0.4 is 16.8 Å². The molecule has 0 bridgehead atoms. The number of phenolic OH excluding ortho intramolecular Hbond substituents is 2. The molecule has 8 heteroatoms. The molecule has 0 fully saturated rings. The molecule has 0 saturated carbocycles. The average molecular weight is 309 g/mol. The number of phenols is 2. The summed E-state index contributed by atoms with van der Waals surface area (Å²) in [7, 11) is 0. The smallest absolute Gasteiger partial charge is 0.255 e. The molecule has 0 radical (unpaired) electrons. The molecule has 8 nitrogen and oxygen atoms in total. The van der Waals surface area contributed by atoms with Gasteiger partial charge in [-0.3, -0.25) is 14.4 Å². The van der Waals surface area contributed by atoms with E-state index in [1.165, 1.54) is 18.2 Å². The number of rotatable bonds is 8. The van der Waals surface area contributed by atoms with E-state index in [1.54, 1.807) is 0 Å². The van der Waals surface area contributed by atoms with Gasteiger partial charge in [-0.15, -0.1) is 0 Å². The standard InChI is InChI=1S/C14H19N3O5/c15-11(19)7-2-1-5-9(13(16)21)17-14(22)8-4-3-6-10(18)12(8)20/h3-4,6,9,18,20H,1-2,5,7H2,(H2,15,19)(H2,16,21)(H,17,22)/t9-/m1/s1. The largest absolute Gasteiger partial charge is 0.504 e. The molecule has 1 aromatic carbocycles. The van der Waals surface area contributed by atoms with Gasteiger partial charge < -0.3 is 27.0 Å². The van der Waals surface area contributed by atoms with Gasteiger partial charge in [0.25, 0.3) is 5.91 Å². The van der Waals surface area contributed by atoms with Crippen LogP contribution in [0.25, 0.3) is 0 Å². The molecule has 0 saturated heterocycles. The monoisotopic (exact) mass is 309 g/mol. The molecule has 120 valence electrons. The number of amides is 3. The Balaban J connectivity index is 2.66. The number of unbranched alkanes of at least 4 members (excludes halogenated alkanes) is 1. The van der Waals surface area contributed by atoms with Gasteiger partial charge in [0, 0.05) is 6.42 Å². The van der Waals surface area contributed by atoms with Crippen molar-refractivity contribution in [1.29, 1.82) is 0 Å². The summed E-state index contributed by atoms with van der Waals surface area (Å²) >= 11 is 0. The van der Waals surface area contributed by atoms with Crippen LogP contribution in [0.1, 0.15) is 36.0 Å². The molecule has 0 unspecified atom stereocenters. The van der Waals surface area contributed by atoms with Crippen molar-refractivity contribution in [3.63, 3.8) is 0 Å². The van der Waals surface area contributed by atoms with Gasteiger partial charge in [-0.2, -0.15) is 0 Å². The molecule has 7 N–H and O–H groups in total. The van der Waals surface area contributed by atoms with Gasteiger partial charge in [0.15, 0.2) is 11.5 Å². The maximum Gasteiger partial charge on any atom is 0.255 e. The zero-order valence-electron chi connectivity index (χ0n) is 11.9. The molecule has 0 aliphatic rings. The molecule has 0 aliphatic heterocycles. The number of carbonyl (C=O) groups is 3.